The summed E-state index contributed by atoms with van der Waals surface area (Å²) in [5.74, 6) is -2.09. The minimum Gasteiger partial charge on any atom is -0.459 e. The Morgan fingerprint density at radius 2 is 1.55 bits per heavy atom. The van der Waals surface area contributed by atoms with Crippen LogP contribution in [0.2, 0.25) is 0 Å². The molecule has 0 saturated carbocycles. The fraction of sp³-hybridized carbons (Fsp3) is 0.391. The van der Waals surface area contributed by atoms with Crippen LogP contribution in [0.5, 0.6) is 0 Å². The van der Waals surface area contributed by atoms with Crippen LogP contribution in [0, 0.1) is 0 Å². The van der Waals surface area contributed by atoms with E-state index < -0.39 is 48.4 Å². The van der Waals surface area contributed by atoms with Gasteiger partial charge in [-0.2, -0.15) is 0 Å². The van der Waals surface area contributed by atoms with Crippen molar-refractivity contribution >= 4 is 11.9 Å². The van der Waals surface area contributed by atoms with E-state index in [9.17, 15) is 14.7 Å². The molecule has 164 valence electrons. The summed E-state index contributed by atoms with van der Waals surface area (Å²) in [5.41, 5.74) is 0.715. The lowest BCUT2D eigenvalue weighted by atomic mass is 10.1. The number of rotatable bonds is 6. The van der Waals surface area contributed by atoms with Crippen molar-refractivity contribution in [2.24, 2.45) is 0 Å². The van der Waals surface area contributed by atoms with Crippen molar-refractivity contribution in [3.63, 3.8) is 0 Å². The quantitative estimate of drug-likeness (QED) is 0.700. The first-order valence-electron chi connectivity index (χ1n) is 10.0. The molecular weight excluding hydrogens is 404 g/mol. The van der Waals surface area contributed by atoms with Crippen LogP contribution in [0.15, 0.2) is 60.7 Å². The summed E-state index contributed by atoms with van der Waals surface area (Å²) >= 11 is 0. The van der Waals surface area contributed by atoms with Crippen LogP contribution in [0.4, 0.5) is 0 Å². The van der Waals surface area contributed by atoms with Gasteiger partial charge in [0, 0.05) is 0 Å². The molecular formula is C23H24O8. The molecule has 8 nitrogen and oxygen atoms in total. The molecule has 0 aliphatic carbocycles. The van der Waals surface area contributed by atoms with E-state index in [1.165, 1.54) is 0 Å². The Balaban J connectivity index is 1.45. The lowest BCUT2D eigenvalue weighted by Crippen LogP contribution is -2.45. The number of aliphatic hydroxyl groups is 1. The van der Waals surface area contributed by atoms with Gasteiger partial charge in [-0.15, -0.1) is 0 Å². The molecule has 1 N–H and O–H groups in total. The van der Waals surface area contributed by atoms with Crippen molar-refractivity contribution in [1.29, 1.82) is 0 Å². The molecule has 2 aliphatic rings. The number of carbonyl (C=O) groups excluding carboxylic acids is 2. The number of carbonyl (C=O) groups is 2. The molecule has 2 heterocycles. The molecule has 2 saturated heterocycles. The van der Waals surface area contributed by atoms with E-state index in [-0.39, 0.29) is 6.61 Å². The van der Waals surface area contributed by atoms with Gasteiger partial charge in [0.05, 0.1) is 11.1 Å². The van der Waals surface area contributed by atoms with Crippen LogP contribution in [-0.4, -0.2) is 60.1 Å². The largest absolute Gasteiger partial charge is 0.459 e. The normalized spacial score (nSPS) is 27.3. The monoisotopic (exact) mass is 428 g/mol. The maximum absolute atomic E-state index is 12.6. The number of ether oxygens (including phenoxy) is 5. The molecule has 5 unspecified atom stereocenters. The number of fused-ring (bicyclic) bond motifs is 1. The zero-order valence-electron chi connectivity index (χ0n) is 17.2. The zero-order chi connectivity index (χ0) is 22.0. The van der Waals surface area contributed by atoms with Gasteiger partial charge in [0.1, 0.15) is 18.8 Å². The molecule has 2 aliphatic heterocycles. The van der Waals surface area contributed by atoms with Crippen molar-refractivity contribution in [2.45, 2.75) is 50.3 Å². The Hall–Kier alpha value is -2.78. The van der Waals surface area contributed by atoms with Crippen LogP contribution < -0.4 is 0 Å². The summed E-state index contributed by atoms with van der Waals surface area (Å²) in [6.45, 7) is 3.09. The Kier molecular flexibility index (Phi) is 6.06. The number of aliphatic hydroxyl groups excluding tert-OH is 1. The molecule has 8 heteroatoms. The lowest BCUT2D eigenvalue weighted by molar-refractivity contribution is -0.227. The zero-order valence-corrected chi connectivity index (χ0v) is 17.2. The van der Waals surface area contributed by atoms with Crippen molar-refractivity contribution in [1.82, 2.24) is 0 Å². The van der Waals surface area contributed by atoms with Crippen molar-refractivity contribution < 1.29 is 38.4 Å². The van der Waals surface area contributed by atoms with E-state index in [0.29, 0.717) is 11.1 Å². The third kappa shape index (κ3) is 4.77. The second kappa shape index (κ2) is 8.76. The first-order valence-corrected chi connectivity index (χ1v) is 10.0. The molecule has 4 rings (SSSR count). The average Bonchev–Trinajstić information content (AvgIpc) is 3.25. The number of benzene rings is 2. The van der Waals surface area contributed by atoms with Gasteiger partial charge >= 0.3 is 11.9 Å². The highest BCUT2D eigenvalue weighted by Crippen LogP contribution is 2.40. The second-order valence-corrected chi connectivity index (χ2v) is 7.84. The van der Waals surface area contributed by atoms with E-state index in [1.54, 1.807) is 74.5 Å². The van der Waals surface area contributed by atoms with E-state index in [2.05, 4.69) is 0 Å². The molecule has 0 aromatic heterocycles. The third-order valence-electron chi connectivity index (χ3n) is 5.05. The van der Waals surface area contributed by atoms with Crippen molar-refractivity contribution in [3.8, 4) is 0 Å². The molecule has 5 atom stereocenters. The first kappa shape index (κ1) is 21.5. The van der Waals surface area contributed by atoms with Crippen LogP contribution in [0.1, 0.15) is 34.6 Å². The van der Waals surface area contributed by atoms with Crippen LogP contribution in [0.25, 0.3) is 0 Å². The first-order chi connectivity index (χ1) is 14.8. The SMILES string of the molecule is CC1(C)OC2OC(C(O)COC(=O)c3ccccc3)C(OC(=O)c3ccccc3)C2O1. The number of esters is 2. The Morgan fingerprint density at radius 3 is 2.16 bits per heavy atom. The topological polar surface area (TPSA) is 101 Å². The fourth-order valence-electron chi connectivity index (χ4n) is 3.63. The van der Waals surface area contributed by atoms with Gasteiger partial charge in [-0.05, 0) is 38.1 Å². The molecule has 0 amide bonds. The Bertz CT molecular complexity index is 914. The van der Waals surface area contributed by atoms with Gasteiger partial charge in [0.25, 0.3) is 0 Å². The third-order valence-corrected chi connectivity index (χ3v) is 5.05. The van der Waals surface area contributed by atoms with Gasteiger partial charge in [0.15, 0.2) is 24.3 Å². The number of hydrogen-bond acceptors (Lipinski definition) is 8. The fourth-order valence-corrected chi connectivity index (χ4v) is 3.63. The minimum absolute atomic E-state index is 0.347. The predicted molar refractivity (Wildman–Crippen MR) is 107 cm³/mol. The van der Waals surface area contributed by atoms with Gasteiger partial charge < -0.3 is 28.8 Å². The van der Waals surface area contributed by atoms with E-state index in [1.807, 2.05) is 0 Å². The van der Waals surface area contributed by atoms with Gasteiger partial charge in [-0.3, -0.25) is 0 Å². The maximum atomic E-state index is 12.6. The smallest absolute Gasteiger partial charge is 0.338 e. The molecule has 2 aromatic carbocycles. The van der Waals surface area contributed by atoms with Gasteiger partial charge in [-0.25, -0.2) is 9.59 Å². The highest BCUT2D eigenvalue weighted by atomic mass is 16.8. The summed E-state index contributed by atoms with van der Waals surface area (Å²) in [5, 5.41) is 10.7. The van der Waals surface area contributed by atoms with E-state index in [0.717, 1.165) is 0 Å². The summed E-state index contributed by atoms with van der Waals surface area (Å²) in [7, 11) is 0. The lowest BCUT2D eigenvalue weighted by Gasteiger charge is -2.28. The standard InChI is InChI=1S/C23H24O8/c1-23(2)30-19-18(28-21(26)15-11-7-4-8-12-15)17(29-22(19)31-23)16(24)13-27-20(25)14-9-5-3-6-10-14/h3-12,16-19,22,24H,13H2,1-2H3. The van der Waals surface area contributed by atoms with Gasteiger partial charge in [-0.1, -0.05) is 36.4 Å². The van der Waals surface area contributed by atoms with Gasteiger partial charge in [0.2, 0.25) is 0 Å². The molecule has 0 spiro atoms. The second-order valence-electron chi connectivity index (χ2n) is 7.84. The highest BCUT2D eigenvalue weighted by molar-refractivity contribution is 5.89. The summed E-state index contributed by atoms with van der Waals surface area (Å²) < 4.78 is 28.2. The highest BCUT2D eigenvalue weighted by Gasteiger charge is 2.58. The van der Waals surface area contributed by atoms with Crippen molar-refractivity contribution in [3.05, 3.63) is 71.8 Å². The van der Waals surface area contributed by atoms with E-state index >= 15 is 0 Å². The molecule has 2 fully saturated rings. The Morgan fingerprint density at radius 1 is 0.968 bits per heavy atom. The minimum atomic E-state index is -1.26. The van der Waals surface area contributed by atoms with Crippen LogP contribution >= 0.6 is 0 Å². The summed E-state index contributed by atoms with van der Waals surface area (Å²) in [4.78, 5) is 24.8. The summed E-state index contributed by atoms with van der Waals surface area (Å²) in [6.07, 6.45) is -4.77. The average molecular weight is 428 g/mol. The predicted octanol–water partition coefficient (Wildman–Crippen LogP) is 2.31. The molecule has 0 bridgehead atoms. The van der Waals surface area contributed by atoms with Crippen molar-refractivity contribution in [2.75, 3.05) is 6.61 Å². The maximum Gasteiger partial charge on any atom is 0.338 e. The van der Waals surface area contributed by atoms with Crippen LogP contribution in [-0.2, 0) is 23.7 Å². The number of hydrogen-bond donors (Lipinski definition) is 1. The van der Waals surface area contributed by atoms with Crippen LogP contribution in [0.3, 0.4) is 0 Å². The van der Waals surface area contributed by atoms with E-state index in [4.69, 9.17) is 23.7 Å². The molecule has 0 radical (unpaired) electrons. The summed E-state index contributed by atoms with van der Waals surface area (Å²) in [6, 6.07) is 16.9. The molecule has 31 heavy (non-hydrogen) atoms. The molecule has 2 aromatic rings. The Labute approximate surface area is 179 Å².